The van der Waals surface area contributed by atoms with Gasteiger partial charge >= 0.3 is 0 Å². The average Bonchev–Trinajstić information content (AvgIpc) is 2.48. The molecule has 0 bridgehead atoms. The first kappa shape index (κ1) is 15.1. The highest BCUT2D eigenvalue weighted by molar-refractivity contribution is 6.31. The summed E-state index contributed by atoms with van der Waals surface area (Å²) in [5, 5.41) is 3.22. The molecule has 0 aliphatic rings. The standard InChI is InChI=1S/C11H4ClF5N4/c12-10-11(19-2-1-18-10)21-20-3-4-5(13)7(15)9(17)8(16)6(4)14/h1-3H,(H,19,21). The number of anilines is 1. The highest BCUT2D eigenvalue weighted by atomic mass is 35.5. The Bertz CT molecular complexity index is 693. The molecule has 0 radical (unpaired) electrons. The fraction of sp³-hybridized carbons (Fsp3) is 0. The van der Waals surface area contributed by atoms with E-state index in [2.05, 4.69) is 20.5 Å². The van der Waals surface area contributed by atoms with Gasteiger partial charge in [0.15, 0.2) is 34.2 Å². The maximum absolute atomic E-state index is 13.3. The van der Waals surface area contributed by atoms with Crippen molar-refractivity contribution in [3.05, 3.63) is 52.2 Å². The van der Waals surface area contributed by atoms with Crippen LogP contribution in [0.5, 0.6) is 0 Å². The van der Waals surface area contributed by atoms with Gasteiger partial charge in [-0.05, 0) is 0 Å². The van der Waals surface area contributed by atoms with E-state index in [0.717, 1.165) is 0 Å². The van der Waals surface area contributed by atoms with E-state index in [1.54, 1.807) is 0 Å². The van der Waals surface area contributed by atoms with Crippen LogP contribution in [-0.4, -0.2) is 16.2 Å². The van der Waals surface area contributed by atoms with E-state index in [9.17, 15) is 22.0 Å². The zero-order valence-electron chi connectivity index (χ0n) is 9.84. The second-order valence-electron chi connectivity index (χ2n) is 3.55. The Morgan fingerprint density at radius 3 is 2.00 bits per heavy atom. The molecule has 1 aromatic heterocycles. The molecule has 0 amide bonds. The lowest BCUT2D eigenvalue weighted by molar-refractivity contribution is 0.377. The second-order valence-corrected chi connectivity index (χ2v) is 3.91. The predicted octanol–water partition coefficient (Wildman–Crippen LogP) is 3.27. The highest BCUT2D eigenvalue weighted by Crippen LogP contribution is 2.22. The zero-order valence-corrected chi connectivity index (χ0v) is 10.6. The van der Waals surface area contributed by atoms with E-state index in [1.165, 1.54) is 12.4 Å². The Hall–Kier alpha value is -2.29. The Balaban J connectivity index is 2.32. The summed E-state index contributed by atoms with van der Waals surface area (Å²) in [6, 6.07) is 0. The summed E-state index contributed by atoms with van der Waals surface area (Å²) < 4.78 is 65.3. The van der Waals surface area contributed by atoms with Crippen molar-refractivity contribution in [2.75, 3.05) is 5.43 Å². The SMILES string of the molecule is Fc1c(F)c(F)c(C=NNc2nccnc2Cl)c(F)c1F. The minimum absolute atomic E-state index is 0.0562. The third-order valence-electron chi connectivity index (χ3n) is 2.26. The number of nitrogens with one attached hydrogen (secondary N) is 1. The van der Waals surface area contributed by atoms with Crippen LogP contribution in [0.25, 0.3) is 0 Å². The monoisotopic (exact) mass is 322 g/mol. The van der Waals surface area contributed by atoms with Crippen LogP contribution >= 0.6 is 11.6 Å². The molecule has 4 nitrogen and oxygen atoms in total. The molecular formula is C11H4ClF5N4. The van der Waals surface area contributed by atoms with E-state index >= 15 is 0 Å². The summed E-state index contributed by atoms with van der Waals surface area (Å²) in [4.78, 5) is 7.32. The Morgan fingerprint density at radius 1 is 0.905 bits per heavy atom. The van der Waals surface area contributed by atoms with Crippen LogP contribution in [0.3, 0.4) is 0 Å². The molecule has 0 spiro atoms. The smallest absolute Gasteiger partial charge is 0.200 e. The van der Waals surface area contributed by atoms with E-state index in [-0.39, 0.29) is 11.0 Å². The van der Waals surface area contributed by atoms with Gasteiger partial charge in [-0.25, -0.2) is 31.9 Å². The molecule has 0 fully saturated rings. The fourth-order valence-electron chi connectivity index (χ4n) is 1.29. The van der Waals surface area contributed by atoms with Crippen molar-refractivity contribution >= 4 is 23.6 Å². The molecule has 2 rings (SSSR count). The molecule has 0 saturated heterocycles. The van der Waals surface area contributed by atoms with Gasteiger partial charge in [-0.15, -0.1) is 0 Å². The Kier molecular flexibility index (Phi) is 4.32. The minimum Gasteiger partial charge on any atom is -0.259 e. The number of aromatic nitrogens is 2. The van der Waals surface area contributed by atoms with Crippen molar-refractivity contribution in [2.45, 2.75) is 0 Å². The third-order valence-corrected chi connectivity index (χ3v) is 2.54. The van der Waals surface area contributed by atoms with Gasteiger partial charge in [-0.1, -0.05) is 11.6 Å². The van der Waals surface area contributed by atoms with Crippen LogP contribution in [0.2, 0.25) is 5.15 Å². The quantitative estimate of drug-likeness (QED) is 0.310. The maximum Gasteiger partial charge on any atom is 0.200 e. The number of halogens is 6. The maximum atomic E-state index is 13.3. The van der Waals surface area contributed by atoms with Crippen LogP contribution in [0.1, 0.15) is 5.56 Å². The molecular weight excluding hydrogens is 319 g/mol. The number of rotatable bonds is 3. The van der Waals surface area contributed by atoms with Crippen LogP contribution in [0, 0.1) is 29.1 Å². The van der Waals surface area contributed by atoms with Gasteiger partial charge in [0.2, 0.25) is 5.82 Å². The van der Waals surface area contributed by atoms with Crippen molar-refractivity contribution < 1.29 is 22.0 Å². The van der Waals surface area contributed by atoms with Gasteiger partial charge in [0.05, 0.1) is 11.8 Å². The van der Waals surface area contributed by atoms with Gasteiger partial charge in [0.25, 0.3) is 0 Å². The lowest BCUT2D eigenvalue weighted by Crippen LogP contribution is -2.07. The molecule has 1 N–H and O–H groups in total. The van der Waals surface area contributed by atoms with Gasteiger partial charge in [-0.2, -0.15) is 5.10 Å². The summed E-state index contributed by atoms with van der Waals surface area (Å²) in [5.74, 6) is -10.4. The van der Waals surface area contributed by atoms with Gasteiger partial charge in [-0.3, -0.25) is 5.43 Å². The minimum atomic E-state index is -2.24. The number of hydrazone groups is 1. The van der Waals surface area contributed by atoms with Crippen molar-refractivity contribution in [2.24, 2.45) is 5.10 Å². The summed E-state index contributed by atoms with van der Waals surface area (Å²) in [5.41, 5.74) is 0.966. The number of benzene rings is 1. The average molecular weight is 323 g/mol. The van der Waals surface area contributed by atoms with Gasteiger partial charge < -0.3 is 0 Å². The molecule has 10 heteroatoms. The van der Waals surface area contributed by atoms with Crippen molar-refractivity contribution in [3.8, 4) is 0 Å². The van der Waals surface area contributed by atoms with Crippen LogP contribution in [0.4, 0.5) is 27.8 Å². The first-order chi connectivity index (χ1) is 9.93. The van der Waals surface area contributed by atoms with Crippen molar-refractivity contribution in [1.82, 2.24) is 9.97 Å². The van der Waals surface area contributed by atoms with Crippen LogP contribution in [0.15, 0.2) is 17.5 Å². The molecule has 0 aliphatic heterocycles. The molecule has 21 heavy (non-hydrogen) atoms. The van der Waals surface area contributed by atoms with Crippen LogP contribution < -0.4 is 5.43 Å². The topological polar surface area (TPSA) is 50.2 Å². The van der Waals surface area contributed by atoms with Crippen LogP contribution in [-0.2, 0) is 0 Å². The molecule has 0 aliphatic carbocycles. The fourth-order valence-corrected chi connectivity index (χ4v) is 1.44. The summed E-state index contributed by atoms with van der Waals surface area (Å²) in [6.45, 7) is 0. The summed E-state index contributed by atoms with van der Waals surface area (Å²) in [7, 11) is 0. The highest BCUT2D eigenvalue weighted by Gasteiger charge is 2.24. The molecule has 0 unspecified atom stereocenters. The van der Waals surface area contributed by atoms with E-state index in [4.69, 9.17) is 11.6 Å². The molecule has 110 valence electrons. The molecule has 2 aromatic rings. The molecule has 1 heterocycles. The summed E-state index contributed by atoms with van der Waals surface area (Å²) in [6.07, 6.45) is 2.95. The first-order valence-corrected chi connectivity index (χ1v) is 5.58. The lowest BCUT2D eigenvalue weighted by atomic mass is 10.2. The lowest BCUT2D eigenvalue weighted by Gasteiger charge is -2.04. The Morgan fingerprint density at radius 2 is 1.43 bits per heavy atom. The van der Waals surface area contributed by atoms with Crippen molar-refractivity contribution in [3.63, 3.8) is 0 Å². The van der Waals surface area contributed by atoms with E-state index in [1.807, 2.05) is 0 Å². The van der Waals surface area contributed by atoms with Gasteiger partial charge in [0.1, 0.15) is 0 Å². The Labute approximate surface area is 119 Å². The summed E-state index contributed by atoms with van der Waals surface area (Å²) >= 11 is 5.61. The van der Waals surface area contributed by atoms with E-state index < -0.39 is 34.6 Å². The first-order valence-electron chi connectivity index (χ1n) is 5.20. The molecule has 0 atom stereocenters. The number of nitrogens with zero attached hydrogens (tertiary/aromatic N) is 3. The number of hydrogen-bond acceptors (Lipinski definition) is 4. The van der Waals surface area contributed by atoms with Crippen molar-refractivity contribution in [1.29, 1.82) is 0 Å². The normalized spacial score (nSPS) is 11.1. The number of hydrogen-bond donors (Lipinski definition) is 1. The van der Waals surface area contributed by atoms with E-state index in [0.29, 0.717) is 6.21 Å². The molecule has 1 aromatic carbocycles. The zero-order chi connectivity index (χ0) is 15.6. The predicted molar refractivity (Wildman–Crippen MR) is 64.5 cm³/mol. The second kappa shape index (κ2) is 6.00. The molecule has 0 saturated carbocycles. The third kappa shape index (κ3) is 2.92. The largest absolute Gasteiger partial charge is 0.259 e. The van der Waals surface area contributed by atoms with Gasteiger partial charge in [0, 0.05) is 12.4 Å².